The zero-order chi connectivity index (χ0) is 13.1. The van der Waals surface area contributed by atoms with Gasteiger partial charge in [0.05, 0.1) is 6.04 Å². The first-order valence-corrected chi connectivity index (χ1v) is 6.84. The molecule has 1 amide bonds. The number of hydrogen-bond acceptors (Lipinski definition) is 2. The molecule has 1 atom stereocenters. The Hall–Kier alpha value is -0.860. The van der Waals surface area contributed by atoms with Crippen molar-refractivity contribution in [2.45, 2.75) is 71.8 Å². The van der Waals surface area contributed by atoms with Crippen molar-refractivity contribution in [2.75, 3.05) is 0 Å². The van der Waals surface area contributed by atoms with Crippen LogP contribution in [-0.4, -0.2) is 18.2 Å². The summed E-state index contributed by atoms with van der Waals surface area (Å²) in [7, 11) is 0. The Bertz CT molecular complexity index is 214. The fourth-order valence-electron chi connectivity index (χ4n) is 1.82. The largest absolute Gasteiger partial charge is 0.347 e. The van der Waals surface area contributed by atoms with Crippen LogP contribution in [-0.2, 0) is 9.59 Å². The van der Waals surface area contributed by atoms with Gasteiger partial charge in [0.25, 0.3) is 0 Å². The first kappa shape index (κ1) is 16.1. The number of unbranched alkanes of at least 4 members (excludes halogenated alkanes) is 4. The maximum atomic E-state index is 11.6. The first-order valence-electron chi connectivity index (χ1n) is 6.84. The van der Waals surface area contributed by atoms with E-state index >= 15 is 0 Å². The molecule has 0 saturated carbocycles. The second-order valence-corrected chi connectivity index (χ2v) is 5.10. The van der Waals surface area contributed by atoms with Gasteiger partial charge >= 0.3 is 0 Å². The fraction of sp³-hybridized carbons (Fsp3) is 0.857. The van der Waals surface area contributed by atoms with E-state index < -0.39 is 0 Å². The second-order valence-electron chi connectivity index (χ2n) is 5.10. The van der Waals surface area contributed by atoms with Gasteiger partial charge in [0.1, 0.15) is 6.29 Å². The average Bonchev–Trinajstić information content (AvgIpc) is 2.27. The van der Waals surface area contributed by atoms with Crippen molar-refractivity contribution in [1.82, 2.24) is 5.32 Å². The second kappa shape index (κ2) is 10.3. The topological polar surface area (TPSA) is 46.2 Å². The molecule has 3 nitrogen and oxygen atoms in total. The predicted molar refractivity (Wildman–Crippen MR) is 70.8 cm³/mol. The van der Waals surface area contributed by atoms with Crippen molar-refractivity contribution in [2.24, 2.45) is 5.92 Å². The van der Waals surface area contributed by atoms with E-state index in [1.807, 2.05) is 13.8 Å². The monoisotopic (exact) mass is 241 g/mol. The van der Waals surface area contributed by atoms with E-state index in [1.165, 1.54) is 19.3 Å². The summed E-state index contributed by atoms with van der Waals surface area (Å²) in [5.41, 5.74) is 0. The minimum atomic E-state index is -0.307. The summed E-state index contributed by atoms with van der Waals surface area (Å²) in [4.78, 5) is 22.3. The van der Waals surface area contributed by atoms with Crippen LogP contribution < -0.4 is 5.32 Å². The average molecular weight is 241 g/mol. The van der Waals surface area contributed by atoms with Crippen LogP contribution in [0.3, 0.4) is 0 Å². The first-order chi connectivity index (χ1) is 8.10. The zero-order valence-electron chi connectivity index (χ0n) is 11.5. The van der Waals surface area contributed by atoms with Crippen LogP contribution in [0.5, 0.6) is 0 Å². The minimum absolute atomic E-state index is 0.0132. The Morgan fingerprint density at radius 1 is 1.18 bits per heavy atom. The standard InChI is InChI=1S/C14H27NO2/c1-4-5-6-7-8-9-14(17)15-13(11-16)10-12(2)3/h11-13H,4-10H2,1-3H3,(H,15,17)/t13-/m0/s1. The Morgan fingerprint density at radius 2 is 1.82 bits per heavy atom. The van der Waals surface area contributed by atoms with E-state index in [4.69, 9.17) is 0 Å². The van der Waals surface area contributed by atoms with Gasteiger partial charge in [0, 0.05) is 6.42 Å². The molecular formula is C14H27NO2. The fourth-order valence-corrected chi connectivity index (χ4v) is 1.82. The minimum Gasteiger partial charge on any atom is -0.347 e. The van der Waals surface area contributed by atoms with Crippen molar-refractivity contribution in [1.29, 1.82) is 0 Å². The number of nitrogens with one attached hydrogen (secondary N) is 1. The number of amides is 1. The molecular weight excluding hydrogens is 214 g/mol. The van der Waals surface area contributed by atoms with Crippen molar-refractivity contribution < 1.29 is 9.59 Å². The molecule has 0 aliphatic rings. The summed E-state index contributed by atoms with van der Waals surface area (Å²) >= 11 is 0. The summed E-state index contributed by atoms with van der Waals surface area (Å²) in [5.74, 6) is 0.439. The third kappa shape index (κ3) is 10.0. The number of carbonyl (C=O) groups is 2. The molecule has 0 spiro atoms. The lowest BCUT2D eigenvalue weighted by atomic mass is 10.0. The molecule has 0 aromatic heterocycles. The van der Waals surface area contributed by atoms with Crippen LogP contribution in [0.4, 0.5) is 0 Å². The van der Waals surface area contributed by atoms with E-state index in [1.54, 1.807) is 0 Å². The van der Waals surface area contributed by atoms with Crippen molar-refractivity contribution >= 4 is 12.2 Å². The summed E-state index contributed by atoms with van der Waals surface area (Å²) in [6, 6.07) is -0.307. The maximum Gasteiger partial charge on any atom is 0.220 e. The molecule has 100 valence electrons. The number of carbonyl (C=O) groups excluding carboxylic acids is 2. The molecule has 0 aromatic carbocycles. The molecule has 1 N–H and O–H groups in total. The number of hydrogen-bond donors (Lipinski definition) is 1. The van der Waals surface area contributed by atoms with E-state index in [-0.39, 0.29) is 11.9 Å². The van der Waals surface area contributed by atoms with Crippen LogP contribution >= 0.6 is 0 Å². The van der Waals surface area contributed by atoms with E-state index in [0.29, 0.717) is 12.3 Å². The van der Waals surface area contributed by atoms with Crippen LogP contribution in [0.15, 0.2) is 0 Å². The normalized spacial score (nSPS) is 12.5. The lowest BCUT2D eigenvalue weighted by Gasteiger charge is -2.14. The Kier molecular flexibility index (Phi) is 9.78. The molecule has 0 aliphatic heterocycles. The van der Waals surface area contributed by atoms with Gasteiger partial charge in [-0.3, -0.25) is 4.79 Å². The highest BCUT2D eigenvalue weighted by molar-refractivity contribution is 5.79. The summed E-state index contributed by atoms with van der Waals surface area (Å²) in [6.07, 6.45) is 7.81. The molecule has 17 heavy (non-hydrogen) atoms. The molecule has 0 radical (unpaired) electrons. The third-order valence-electron chi connectivity index (χ3n) is 2.74. The quantitative estimate of drug-likeness (QED) is 0.472. The van der Waals surface area contributed by atoms with E-state index in [0.717, 1.165) is 25.5 Å². The van der Waals surface area contributed by atoms with Crippen LogP contribution in [0.2, 0.25) is 0 Å². The Morgan fingerprint density at radius 3 is 2.35 bits per heavy atom. The highest BCUT2D eigenvalue weighted by Gasteiger charge is 2.12. The van der Waals surface area contributed by atoms with E-state index in [9.17, 15) is 9.59 Å². The summed E-state index contributed by atoms with van der Waals surface area (Å²) in [5, 5.41) is 2.78. The maximum absolute atomic E-state index is 11.6. The van der Waals surface area contributed by atoms with Gasteiger partial charge in [-0.25, -0.2) is 0 Å². The lowest BCUT2D eigenvalue weighted by molar-refractivity contribution is -0.124. The predicted octanol–water partition coefficient (Wildman–Crippen LogP) is 3.08. The number of rotatable bonds is 10. The van der Waals surface area contributed by atoms with Gasteiger partial charge in [-0.1, -0.05) is 46.5 Å². The van der Waals surface area contributed by atoms with Crippen LogP contribution in [0, 0.1) is 5.92 Å². The van der Waals surface area contributed by atoms with Crippen molar-refractivity contribution in [3.8, 4) is 0 Å². The van der Waals surface area contributed by atoms with Gasteiger partial charge in [0.2, 0.25) is 5.91 Å². The summed E-state index contributed by atoms with van der Waals surface area (Å²) < 4.78 is 0. The Balaban J connectivity index is 3.64. The van der Waals surface area contributed by atoms with Gasteiger partial charge in [0.15, 0.2) is 0 Å². The summed E-state index contributed by atoms with van der Waals surface area (Å²) in [6.45, 7) is 6.27. The zero-order valence-corrected chi connectivity index (χ0v) is 11.5. The van der Waals surface area contributed by atoms with Crippen molar-refractivity contribution in [3.63, 3.8) is 0 Å². The van der Waals surface area contributed by atoms with Gasteiger partial charge in [-0.15, -0.1) is 0 Å². The van der Waals surface area contributed by atoms with E-state index in [2.05, 4.69) is 12.2 Å². The molecule has 3 heteroatoms. The van der Waals surface area contributed by atoms with Gasteiger partial charge < -0.3 is 10.1 Å². The molecule has 0 bridgehead atoms. The van der Waals surface area contributed by atoms with Crippen LogP contribution in [0.1, 0.15) is 65.7 Å². The smallest absolute Gasteiger partial charge is 0.220 e. The SMILES string of the molecule is CCCCCCCC(=O)N[C@H](C=O)CC(C)C. The molecule has 0 aliphatic carbocycles. The van der Waals surface area contributed by atoms with Crippen molar-refractivity contribution in [3.05, 3.63) is 0 Å². The van der Waals surface area contributed by atoms with Crippen LogP contribution in [0.25, 0.3) is 0 Å². The molecule has 0 aromatic rings. The molecule has 0 fully saturated rings. The third-order valence-corrected chi connectivity index (χ3v) is 2.74. The molecule has 0 heterocycles. The van der Waals surface area contributed by atoms with Gasteiger partial charge in [-0.05, 0) is 18.8 Å². The Labute approximate surface area is 105 Å². The lowest BCUT2D eigenvalue weighted by Crippen LogP contribution is -2.36. The number of aldehydes is 1. The molecule has 0 saturated heterocycles. The highest BCUT2D eigenvalue weighted by atomic mass is 16.2. The highest BCUT2D eigenvalue weighted by Crippen LogP contribution is 2.06. The molecule has 0 unspecified atom stereocenters. The molecule has 0 rings (SSSR count). The van der Waals surface area contributed by atoms with Gasteiger partial charge in [-0.2, -0.15) is 0 Å².